The third-order valence-electron chi connectivity index (χ3n) is 4.76. The third kappa shape index (κ3) is 4.57. The maximum atomic E-state index is 14.3. The number of piperidine rings is 1. The molecule has 2 aliphatic heterocycles. The Kier molecular flexibility index (Phi) is 6.26. The Bertz CT molecular complexity index is 506. The number of halogens is 2. The molecule has 24 heavy (non-hydrogen) atoms. The molecule has 2 aliphatic rings. The highest BCUT2D eigenvalue weighted by Crippen LogP contribution is 2.28. The van der Waals surface area contributed by atoms with E-state index >= 15 is 0 Å². The van der Waals surface area contributed by atoms with E-state index in [1.54, 1.807) is 4.90 Å². The number of nitrogens with one attached hydrogen (secondary N) is 1. The largest absolute Gasteiger partial charge is 0.493 e. The summed E-state index contributed by atoms with van der Waals surface area (Å²) in [6.45, 7) is 6.51. The van der Waals surface area contributed by atoms with Crippen LogP contribution in [0.2, 0.25) is 0 Å². The average molecular weight is 339 g/mol. The van der Waals surface area contributed by atoms with Crippen molar-refractivity contribution >= 4 is 5.69 Å². The lowest BCUT2D eigenvalue weighted by Crippen LogP contribution is -2.44. The van der Waals surface area contributed by atoms with Crippen LogP contribution in [0.25, 0.3) is 0 Å². The number of anilines is 1. The van der Waals surface area contributed by atoms with Gasteiger partial charge < -0.3 is 19.9 Å². The second-order valence-electron chi connectivity index (χ2n) is 6.58. The quantitative estimate of drug-likeness (QED) is 0.807. The van der Waals surface area contributed by atoms with E-state index in [9.17, 15) is 8.78 Å². The molecule has 0 saturated carbocycles. The number of ether oxygens (including phenoxy) is 1. The van der Waals surface area contributed by atoms with Gasteiger partial charge in [-0.2, -0.15) is 0 Å². The minimum atomic E-state index is -0.539. The summed E-state index contributed by atoms with van der Waals surface area (Å²) in [5, 5.41) is 3.18. The molecular weight excluding hydrogens is 312 g/mol. The highest BCUT2D eigenvalue weighted by molar-refractivity contribution is 5.52. The molecule has 134 valence electrons. The van der Waals surface area contributed by atoms with Gasteiger partial charge >= 0.3 is 0 Å². The van der Waals surface area contributed by atoms with Crippen molar-refractivity contribution in [2.75, 3.05) is 57.3 Å². The Morgan fingerprint density at radius 1 is 0.958 bits per heavy atom. The number of benzene rings is 1. The van der Waals surface area contributed by atoms with E-state index in [2.05, 4.69) is 10.2 Å². The van der Waals surface area contributed by atoms with Crippen molar-refractivity contribution in [3.63, 3.8) is 0 Å². The van der Waals surface area contributed by atoms with Crippen molar-refractivity contribution in [1.82, 2.24) is 10.2 Å². The molecule has 6 heteroatoms. The van der Waals surface area contributed by atoms with Crippen molar-refractivity contribution in [2.24, 2.45) is 0 Å². The maximum Gasteiger partial charge on any atom is 0.153 e. The minimum Gasteiger partial charge on any atom is -0.493 e. The monoisotopic (exact) mass is 339 g/mol. The van der Waals surface area contributed by atoms with Crippen LogP contribution in [-0.4, -0.2) is 57.3 Å². The van der Waals surface area contributed by atoms with Crippen LogP contribution in [-0.2, 0) is 0 Å². The second-order valence-corrected chi connectivity index (χ2v) is 6.58. The first-order valence-corrected chi connectivity index (χ1v) is 9.04. The first-order chi connectivity index (χ1) is 11.7. The van der Waals surface area contributed by atoms with E-state index in [1.165, 1.54) is 31.4 Å². The zero-order valence-electron chi connectivity index (χ0n) is 14.2. The molecule has 4 nitrogen and oxygen atoms in total. The van der Waals surface area contributed by atoms with Gasteiger partial charge in [0.25, 0.3) is 0 Å². The van der Waals surface area contributed by atoms with Crippen LogP contribution in [0, 0.1) is 11.6 Å². The van der Waals surface area contributed by atoms with Gasteiger partial charge in [-0.1, -0.05) is 6.42 Å². The Balaban J connectivity index is 1.50. The maximum absolute atomic E-state index is 14.3. The van der Waals surface area contributed by atoms with Gasteiger partial charge in [-0.05, 0) is 32.4 Å². The second kappa shape index (κ2) is 8.62. The fraction of sp³-hybridized carbons (Fsp3) is 0.667. The molecule has 0 atom stereocenters. The molecule has 1 aromatic carbocycles. The van der Waals surface area contributed by atoms with E-state index in [0.29, 0.717) is 19.7 Å². The summed E-state index contributed by atoms with van der Waals surface area (Å²) in [6, 6.07) is 2.61. The van der Waals surface area contributed by atoms with E-state index < -0.39 is 11.6 Å². The fourth-order valence-electron chi connectivity index (χ4n) is 3.48. The van der Waals surface area contributed by atoms with Gasteiger partial charge in [-0.15, -0.1) is 0 Å². The highest BCUT2D eigenvalue weighted by Gasteiger charge is 2.20. The first kappa shape index (κ1) is 17.4. The normalized spacial score (nSPS) is 19.5. The van der Waals surface area contributed by atoms with Gasteiger partial charge in [-0.25, -0.2) is 8.78 Å². The SMILES string of the molecule is Fc1cc(OCCCN2CCCCC2)cc(F)c1N1CCNCC1. The molecule has 0 radical (unpaired) electrons. The highest BCUT2D eigenvalue weighted by atomic mass is 19.1. The molecule has 0 amide bonds. The summed E-state index contributed by atoms with van der Waals surface area (Å²) in [6.07, 6.45) is 4.74. The molecule has 0 bridgehead atoms. The van der Waals surface area contributed by atoms with Crippen molar-refractivity contribution in [2.45, 2.75) is 25.7 Å². The predicted molar refractivity (Wildman–Crippen MR) is 91.8 cm³/mol. The van der Waals surface area contributed by atoms with Crippen molar-refractivity contribution in [3.05, 3.63) is 23.8 Å². The van der Waals surface area contributed by atoms with Crippen molar-refractivity contribution < 1.29 is 13.5 Å². The topological polar surface area (TPSA) is 27.7 Å². The van der Waals surface area contributed by atoms with E-state index in [4.69, 9.17) is 4.74 Å². The lowest BCUT2D eigenvalue weighted by Gasteiger charge is -2.30. The molecule has 0 aliphatic carbocycles. The van der Waals surface area contributed by atoms with Crippen molar-refractivity contribution in [3.8, 4) is 5.75 Å². The number of rotatable bonds is 6. The van der Waals surface area contributed by atoms with Crippen LogP contribution in [0.4, 0.5) is 14.5 Å². The standard InChI is InChI=1S/C18H27F2N3O/c19-16-13-15(24-12-4-9-22-7-2-1-3-8-22)14-17(20)18(16)23-10-5-21-6-11-23/h13-14,21H,1-12H2. The minimum absolute atomic E-state index is 0.0668. The van der Waals surface area contributed by atoms with Gasteiger partial charge in [0.05, 0.1) is 6.61 Å². The summed E-state index contributed by atoms with van der Waals surface area (Å²) >= 11 is 0. The van der Waals surface area contributed by atoms with Gasteiger partial charge in [0.15, 0.2) is 11.6 Å². The lowest BCUT2D eigenvalue weighted by molar-refractivity contribution is 0.204. The Morgan fingerprint density at radius 2 is 1.62 bits per heavy atom. The molecule has 0 unspecified atom stereocenters. The number of nitrogens with zero attached hydrogens (tertiary/aromatic N) is 2. The van der Waals surface area contributed by atoms with Crippen LogP contribution in [0.5, 0.6) is 5.75 Å². The van der Waals surface area contributed by atoms with Crippen LogP contribution < -0.4 is 15.0 Å². The summed E-state index contributed by atoms with van der Waals surface area (Å²) in [5.74, 6) is -0.798. The van der Waals surface area contributed by atoms with Crippen molar-refractivity contribution in [1.29, 1.82) is 0 Å². The van der Waals surface area contributed by atoms with E-state index in [0.717, 1.165) is 39.1 Å². The molecule has 1 aromatic rings. The van der Waals surface area contributed by atoms with E-state index in [1.807, 2.05) is 0 Å². The van der Waals surface area contributed by atoms with Gasteiger partial charge in [-0.3, -0.25) is 0 Å². The summed E-state index contributed by atoms with van der Waals surface area (Å²) in [7, 11) is 0. The Morgan fingerprint density at radius 3 is 2.29 bits per heavy atom. The molecular formula is C18H27F2N3O. The summed E-state index contributed by atoms with van der Waals surface area (Å²) in [5.41, 5.74) is 0.0668. The molecule has 1 N–H and O–H groups in total. The Hall–Kier alpha value is -1.40. The molecule has 0 spiro atoms. The Labute approximate surface area is 142 Å². The summed E-state index contributed by atoms with van der Waals surface area (Å²) in [4.78, 5) is 4.18. The lowest BCUT2D eigenvalue weighted by atomic mass is 10.1. The average Bonchev–Trinajstić information content (AvgIpc) is 2.60. The van der Waals surface area contributed by atoms with E-state index in [-0.39, 0.29) is 11.4 Å². The molecule has 3 rings (SSSR count). The van der Waals surface area contributed by atoms with Gasteiger partial charge in [0.2, 0.25) is 0 Å². The predicted octanol–water partition coefficient (Wildman–Crippen LogP) is 2.63. The zero-order valence-corrected chi connectivity index (χ0v) is 14.2. The first-order valence-electron chi connectivity index (χ1n) is 9.04. The smallest absolute Gasteiger partial charge is 0.153 e. The molecule has 2 saturated heterocycles. The zero-order chi connectivity index (χ0) is 16.8. The van der Waals surface area contributed by atoms with Crippen LogP contribution in [0.1, 0.15) is 25.7 Å². The number of hydrogen-bond acceptors (Lipinski definition) is 4. The number of piperazine rings is 1. The fourth-order valence-corrected chi connectivity index (χ4v) is 3.48. The molecule has 2 heterocycles. The van der Waals surface area contributed by atoms with Gasteiger partial charge in [0.1, 0.15) is 11.4 Å². The third-order valence-corrected chi connectivity index (χ3v) is 4.76. The van der Waals surface area contributed by atoms with Crippen LogP contribution >= 0.6 is 0 Å². The van der Waals surface area contributed by atoms with Crippen LogP contribution in [0.3, 0.4) is 0 Å². The van der Waals surface area contributed by atoms with Gasteiger partial charge in [0, 0.05) is 44.9 Å². The summed E-state index contributed by atoms with van der Waals surface area (Å²) < 4.78 is 34.2. The molecule has 0 aromatic heterocycles. The van der Waals surface area contributed by atoms with Crippen LogP contribution in [0.15, 0.2) is 12.1 Å². The molecule has 2 fully saturated rings. The number of likely N-dealkylation sites (tertiary alicyclic amines) is 1. The number of hydrogen-bond donors (Lipinski definition) is 1.